The Hall–Kier alpha value is -1.42. The fraction of sp³-hybridized carbons (Fsp3) is 0.417. The number of amides is 1. The van der Waals surface area contributed by atoms with Crippen molar-refractivity contribution < 1.29 is 13.9 Å². The Morgan fingerprint density at radius 3 is 2.50 bits per heavy atom. The topological polar surface area (TPSA) is 38.3 Å². The van der Waals surface area contributed by atoms with Gasteiger partial charge >= 0.3 is 0 Å². The SMILES string of the molecule is CCC1(C(=O)Nc2ccc(F)cc2)COC1. The van der Waals surface area contributed by atoms with Crippen LogP contribution in [0.3, 0.4) is 0 Å². The number of carbonyl (C=O) groups is 1. The summed E-state index contributed by atoms with van der Waals surface area (Å²) in [5, 5.41) is 2.78. The Morgan fingerprint density at radius 1 is 1.44 bits per heavy atom. The number of hydrogen-bond donors (Lipinski definition) is 1. The van der Waals surface area contributed by atoms with E-state index < -0.39 is 5.41 Å². The Balaban J connectivity index is 2.04. The lowest BCUT2D eigenvalue weighted by molar-refractivity contribution is -0.156. The highest BCUT2D eigenvalue weighted by Crippen LogP contribution is 2.32. The molecule has 1 amide bonds. The molecular formula is C12H14FNO2. The molecule has 16 heavy (non-hydrogen) atoms. The summed E-state index contributed by atoms with van der Waals surface area (Å²) in [6.45, 7) is 2.90. The standard InChI is InChI=1S/C12H14FNO2/c1-2-12(7-16-8-12)11(15)14-10-5-3-9(13)4-6-10/h3-6H,2,7-8H2,1H3,(H,14,15). The van der Waals surface area contributed by atoms with Crippen molar-refractivity contribution >= 4 is 11.6 Å². The minimum absolute atomic E-state index is 0.0483. The van der Waals surface area contributed by atoms with Crippen LogP contribution in [0.5, 0.6) is 0 Å². The molecular weight excluding hydrogens is 209 g/mol. The Morgan fingerprint density at radius 2 is 2.06 bits per heavy atom. The Bertz CT molecular complexity index is 379. The lowest BCUT2D eigenvalue weighted by atomic mass is 9.82. The molecule has 0 bridgehead atoms. The first-order chi connectivity index (χ1) is 7.66. The first-order valence-electron chi connectivity index (χ1n) is 5.31. The number of hydrogen-bond acceptors (Lipinski definition) is 2. The van der Waals surface area contributed by atoms with Crippen LogP contribution < -0.4 is 5.32 Å². The van der Waals surface area contributed by atoms with E-state index in [1.807, 2.05) is 6.92 Å². The van der Waals surface area contributed by atoms with Crippen molar-refractivity contribution in [3.63, 3.8) is 0 Å². The molecule has 1 saturated heterocycles. The highest BCUT2D eigenvalue weighted by molar-refractivity contribution is 5.96. The maximum Gasteiger partial charge on any atom is 0.235 e. The number of halogens is 1. The number of anilines is 1. The first-order valence-corrected chi connectivity index (χ1v) is 5.31. The molecule has 1 heterocycles. The lowest BCUT2D eigenvalue weighted by Crippen LogP contribution is -2.51. The van der Waals surface area contributed by atoms with Gasteiger partial charge in [0.05, 0.1) is 18.6 Å². The molecule has 1 fully saturated rings. The molecule has 1 aliphatic rings. The second kappa shape index (κ2) is 4.22. The van der Waals surface area contributed by atoms with Crippen LogP contribution in [0.25, 0.3) is 0 Å². The molecule has 1 aliphatic heterocycles. The summed E-state index contributed by atoms with van der Waals surface area (Å²) in [6, 6.07) is 5.75. The number of benzene rings is 1. The molecule has 0 atom stereocenters. The van der Waals surface area contributed by atoms with E-state index in [0.29, 0.717) is 18.9 Å². The van der Waals surface area contributed by atoms with E-state index in [1.54, 1.807) is 12.1 Å². The summed E-state index contributed by atoms with van der Waals surface area (Å²) in [4.78, 5) is 11.9. The average Bonchev–Trinajstić information content (AvgIpc) is 2.21. The minimum atomic E-state index is -0.394. The normalized spacial score (nSPS) is 17.6. The van der Waals surface area contributed by atoms with Crippen LogP contribution in [0.15, 0.2) is 24.3 Å². The van der Waals surface area contributed by atoms with E-state index in [0.717, 1.165) is 6.42 Å². The molecule has 3 nitrogen and oxygen atoms in total. The van der Waals surface area contributed by atoms with Gasteiger partial charge in [0, 0.05) is 5.69 Å². The van der Waals surface area contributed by atoms with Crippen LogP contribution in [0.1, 0.15) is 13.3 Å². The van der Waals surface area contributed by atoms with Crippen LogP contribution in [-0.2, 0) is 9.53 Å². The Kier molecular flexibility index (Phi) is 2.92. The zero-order chi connectivity index (χ0) is 11.6. The van der Waals surface area contributed by atoms with Crippen LogP contribution in [0.4, 0.5) is 10.1 Å². The van der Waals surface area contributed by atoms with Crippen molar-refractivity contribution in [2.45, 2.75) is 13.3 Å². The number of ether oxygens (including phenoxy) is 1. The van der Waals surface area contributed by atoms with E-state index in [1.165, 1.54) is 12.1 Å². The number of nitrogens with one attached hydrogen (secondary N) is 1. The third kappa shape index (κ3) is 1.93. The van der Waals surface area contributed by atoms with Gasteiger partial charge in [-0.1, -0.05) is 6.92 Å². The van der Waals surface area contributed by atoms with E-state index >= 15 is 0 Å². The van der Waals surface area contributed by atoms with Gasteiger partial charge in [-0.3, -0.25) is 4.79 Å². The van der Waals surface area contributed by atoms with Crippen LogP contribution in [0.2, 0.25) is 0 Å². The second-order valence-electron chi connectivity index (χ2n) is 4.09. The summed E-state index contributed by atoms with van der Waals surface area (Å²) in [7, 11) is 0. The highest BCUT2D eigenvalue weighted by atomic mass is 19.1. The molecule has 0 spiro atoms. The smallest absolute Gasteiger partial charge is 0.235 e. The quantitative estimate of drug-likeness (QED) is 0.853. The maximum atomic E-state index is 12.7. The molecule has 0 aliphatic carbocycles. The fourth-order valence-corrected chi connectivity index (χ4v) is 1.64. The van der Waals surface area contributed by atoms with Crippen molar-refractivity contribution in [2.75, 3.05) is 18.5 Å². The molecule has 4 heteroatoms. The van der Waals surface area contributed by atoms with Gasteiger partial charge in [-0.05, 0) is 30.7 Å². The molecule has 1 aromatic carbocycles. The Labute approximate surface area is 93.6 Å². The average molecular weight is 223 g/mol. The van der Waals surface area contributed by atoms with E-state index in [-0.39, 0.29) is 11.7 Å². The summed E-state index contributed by atoms with van der Waals surface area (Å²) in [6.07, 6.45) is 0.750. The molecule has 1 aromatic rings. The van der Waals surface area contributed by atoms with Crippen molar-refractivity contribution in [3.8, 4) is 0 Å². The van der Waals surface area contributed by atoms with Crippen molar-refractivity contribution in [2.24, 2.45) is 5.41 Å². The van der Waals surface area contributed by atoms with Crippen molar-refractivity contribution in [3.05, 3.63) is 30.1 Å². The van der Waals surface area contributed by atoms with Gasteiger partial charge in [0.1, 0.15) is 5.82 Å². The van der Waals surface area contributed by atoms with Crippen LogP contribution >= 0.6 is 0 Å². The van der Waals surface area contributed by atoms with Crippen molar-refractivity contribution in [1.29, 1.82) is 0 Å². The van der Waals surface area contributed by atoms with E-state index in [9.17, 15) is 9.18 Å². The van der Waals surface area contributed by atoms with Crippen LogP contribution in [0, 0.1) is 11.2 Å². The molecule has 1 N–H and O–H groups in total. The molecule has 0 radical (unpaired) electrons. The van der Waals surface area contributed by atoms with Gasteiger partial charge in [0.15, 0.2) is 0 Å². The first kappa shape index (κ1) is 11.1. The van der Waals surface area contributed by atoms with E-state index in [2.05, 4.69) is 5.32 Å². The third-order valence-corrected chi connectivity index (χ3v) is 3.02. The van der Waals surface area contributed by atoms with Gasteiger partial charge in [-0.2, -0.15) is 0 Å². The summed E-state index contributed by atoms with van der Waals surface area (Å²) >= 11 is 0. The van der Waals surface area contributed by atoms with Crippen LogP contribution in [-0.4, -0.2) is 19.1 Å². The second-order valence-corrected chi connectivity index (χ2v) is 4.09. The largest absolute Gasteiger partial charge is 0.379 e. The predicted octanol–water partition coefficient (Wildman–Crippen LogP) is 2.19. The summed E-state index contributed by atoms with van der Waals surface area (Å²) in [5.41, 5.74) is 0.222. The van der Waals surface area contributed by atoms with Gasteiger partial charge < -0.3 is 10.1 Å². The molecule has 2 rings (SSSR count). The maximum absolute atomic E-state index is 12.7. The molecule has 86 valence electrons. The zero-order valence-corrected chi connectivity index (χ0v) is 9.13. The number of carbonyl (C=O) groups excluding carboxylic acids is 1. The highest BCUT2D eigenvalue weighted by Gasteiger charge is 2.44. The lowest BCUT2D eigenvalue weighted by Gasteiger charge is -2.38. The van der Waals surface area contributed by atoms with Gasteiger partial charge in [-0.25, -0.2) is 4.39 Å². The van der Waals surface area contributed by atoms with Gasteiger partial charge in [0.2, 0.25) is 5.91 Å². The zero-order valence-electron chi connectivity index (χ0n) is 9.13. The molecule has 0 unspecified atom stereocenters. The number of rotatable bonds is 3. The van der Waals surface area contributed by atoms with Gasteiger partial charge in [0.25, 0.3) is 0 Å². The third-order valence-electron chi connectivity index (χ3n) is 3.02. The monoisotopic (exact) mass is 223 g/mol. The van der Waals surface area contributed by atoms with Crippen molar-refractivity contribution in [1.82, 2.24) is 0 Å². The fourth-order valence-electron chi connectivity index (χ4n) is 1.64. The minimum Gasteiger partial charge on any atom is -0.379 e. The molecule has 0 saturated carbocycles. The van der Waals surface area contributed by atoms with Gasteiger partial charge in [-0.15, -0.1) is 0 Å². The summed E-state index contributed by atoms with van der Waals surface area (Å²) in [5.74, 6) is -0.358. The predicted molar refractivity (Wildman–Crippen MR) is 58.6 cm³/mol. The summed E-state index contributed by atoms with van der Waals surface area (Å²) < 4.78 is 17.8. The van der Waals surface area contributed by atoms with E-state index in [4.69, 9.17) is 4.74 Å². The molecule has 0 aromatic heterocycles.